The minimum Gasteiger partial charge on any atom is -0.342 e. The number of hydrogen-bond donors (Lipinski definition) is 1. The van der Waals surface area contributed by atoms with Crippen molar-refractivity contribution >= 4 is 5.91 Å². The van der Waals surface area contributed by atoms with Crippen LogP contribution in [0.25, 0.3) is 0 Å². The standard InChI is InChI=1S/C16H24N2O/c1-13(12-17)6-7-16(19)18-10-8-14-4-2-3-5-15(14)9-11-18/h2-5,13H,6-12,17H2,1H3. The van der Waals surface area contributed by atoms with E-state index in [1.807, 2.05) is 4.90 Å². The van der Waals surface area contributed by atoms with E-state index in [1.165, 1.54) is 11.1 Å². The van der Waals surface area contributed by atoms with Gasteiger partial charge < -0.3 is 10.6 Å². The number of carbonyl (C=O) groups is 1. The highest BCUT2D eigenvalue weighted by Gasteiger charge is 2.18. The van der Waals surface area contributed by atoms with Crippen LogP contribution >= 0.6 is 0 Å². The van der Waals surface area contributed by atoms with E-state index in [-0.39, 0.29) is 5.91 Å². The van der Waals surface area contributed by atoms with E-state index in [9.17, 15) is 4.79 Å². The Balaban J connectivity index is 1.89. The zero-order valence-corrected chi connectivity index (χ0v) is 11.8. The van der Waals surface area contributed by atoms with Crippen LogP contribution in [0.5, 0.6) is 0 Å². The number of hydrogen-bond acceptors (Lipinski definition) is 2. The first-order chi connectivity index (χ1) is 9.20. The van der Waals surface area contributed by atoms with Crippen molar-refractivity contribution < 1.29 is 4.79 Å². The molecule has 0 saturated carbocycles. The lowest BCUT2D eigenvalue weighted by Gasteiger charge is -2.21. The van der Waals surface area contributed by atoms with Crippen molar-refractivity contribution in [3.8, 4) is 0 Å². The smallest absolute Gasteiger partial charge is 0.222 e. The van der Waals surface area contributed by atoms with Gasteiger partial charge in [0.05, 0.1) is 0 Å². The van der Waals surface area contributed by atoms with Gasteiger partial charge in [-0.15, -0.1) is 0 Å². The number of nitrogens with two attached hydrogens (primary N) is 1. The van der Waals surface area contributed by atoms with Crippen LogP contribution in [0, 0.1) is 5.92 Å². The molecule has 1 atom stereocenters. The summed E-state index contributed by atoms with van der Waals surface area (Å²) in [5.74, 6) is 0.723. The number of carbonyl (C=O) groups excluding carboxylic acids is 1. The lowest BCUT2D eigenvalue weighted by molar-refractivity contribution is -0.131. The van der Waals surface area contributed by atoms with Gasteiger partial charge in [-0.2, -0.15) is 0 Å². The first-order valence-electron chi connectivity index (χ1n) is 7.25. The van der Waals surface area contributed by atoms with Crippen molar-refractivity contribution in [3.05, 3.63) is 35.4 Å². The summed E-state index contributed by atoms with van der Waals surface area (Å²) in [6, 6.07) is 8.53. The molecule has 1 aromatic rings. The molecule has 0 aromatic heterocycles. The summed E-state index contributed by atoms with van der Waals surface area (Å²) >= 11 is 0. The van der Waals surface area contributed by atoms with Crippen LogP contribution in [0.15, 0.2) is 24.3 Å². The Morgan fingerprint density at radius 1 is 1.26 bits per heavy atom. The zero-order valence-electron chi connectivity index (χ0n) is 11.8. The van der Waals surface area contributed by atoms with Gasteiger partial charge in [-0.3, -0.25) is 4.79 Å². The average Bonchev–Trinajstić information content (AvgIpc) is 2.67. The van der Waals surface area contributed by atoms with Crippen LogP contribution in [0.3, 0.4) is 0 Å². The Hall–Kier alpha value is -1.35. The normalized spacial score (nSPS) is 16.6. The monoisotopic (exact) mass is 260 g/mol. The van der Waals surface area contributed by atoms with E-state index < -0.39 is 0 Å². The molecule has 0 saturated heterocycles. The third-order valence-electron chi connectivity index (χ3n) is 4.03. The summed E-state index contributed by atoms with van der Waals surface area (Å²) in [7, 11) is 0. The predicted octanol–water partition coefficient (Wildman–Crippen LogP) is 1.99. The fourth-order valence-corrected chi connectivity index (χ4v) is 2.56. The molecular formula is C16H24N2O. The van der Waals surface area contributed by atoms with Crippen molar-refractivity contribution in [2.75, 3.05) is 19.6 Å². The Kier molecular flexibility index (Phi) is 4.97. The second-order valence-corrected chi connectivity index (χ2v) is 5.53. The summed E-state index contributed by atoms with van der Waals surface area (Å²) in [6.07, 6.45) is 3.50. The van der Waals surface area contributed by atoms with E-state index in [4.69, 9.17) is 5.73 Å². The molecule has 0 bridgehead atoms. The van der Waals surface area contributed by atoms with Gasteiger partial charge in [-0.05, 0) is 42.9 Å². The maximum absolute atomic E-state index is 12.2. The molecule has 0 radical (unpaired) electrons. The first kappa shape index (κ1) is 14.1. The van der Waals surface area contributed by atoms with Gasteiger partial charge in [0.1, 0.15) is 0 Å². The molecule has 104 valence electrons. The lowest BCUT2D eigenvalue weighted by atomic mass is 10.0. The van der Waals surface area contributed by atoms with Crippen LogP contribution in [-0.4, -0.2) is 30.4 Å². The maximum atomic E-state index is 12.2. The molecule has 1 aliphatic heterocycles. The van der Waals surface area contributed by atoms with Crippen molar-refractivity contribution in [3.63, 3.8) is 0 Å². The number of benzene rings is 1. The predicted molar refractivity (Wildman–Crippen MR) is 77.9 cm³/mol. The molecule has 1 unspecified atom stereocenters. The van der Waals surface area contributed by atoms with Gasteiger partial charge in [0, 0.05) is 19.5 Å². The fraction of sp³-hybridized carbons (Fsp3) is 0.562. The maximum Gasteiger partial charge on any atom is 0.222 e. The van der Waals surface area contributed by atoms with E-state index in [1.54, 1.807) is 0 Å². The van der Waals surface area contributed by atoms with Gasteiger partial charge in [0.15, 0.2) is 0 Å². The molecule has 1 aliphatic rings. The molecule has 3 heteroatoms. The lowest BCUT2D eigenvalue weighted by Crippen LogP contribution is -2.33. The van der Waals surface area contributed by atoms with E-state index >= 15 is 0 Å². The van der Waals surface area contributed by atoms with Gasteiger partial charge >= 0.3 is 0 Å². The average molecular weight is 260 g/mol. The summed E-state index contributed by atoms with van der Waals surface area (Å²) in [4.78, 5) is 14.2. The molecule has 3 nitrogen and oxygen atoms in total. The van der Waals surface area contributed by atoms with Crippen LogP contribution in [0.4, 0.5) is 0 Å². The van der Waals surface area contributed by atoms with Gasteiger partial charge in [0.2, 0.25) is 5.91 Å². The van der Waals surface area contributed by atoms with E-state index in [2.05, 4.69) is 31.2 Å². The Labute approximate surface area is 115 Å². The Bertz CT molecular complexity index is 404. The minimum absolute atomic E-state index is 0.285. The van der Waals surface area contributed by atoms with Crippen LogP contribution in [-0.2, 0) is 17.6 Å². The molecule has 0 fully saturated rings. The molecule has 2 rings (SSSR count). The minimum atomic E-state index is 0.285. The Morgan fingerprint density at radius 2 is 1.84 bits per heavy atom. The number of rotatable bonds is 4. The molecule has 0 aliphatic carbocycles. The zero-order chi connectivity index (χ0) is 13.7. The molecule has 1 heterocycles. The molecule has 1 amide bonds. The van der Waals surface area contributed by atoms with Gasteiger partial charge in [-0.25, -0.2) is 0 Å². The number of amides is 1. The summed E-state index contributed by atoms with van der Waals surface area (Å²) in [5, 5.41) is 0. The molecule has 0 spiro atoms. The summed E-state index contributed by atoms with van der Waals surface area (Å²) in [6.45, 7) is 4.48. The highest BCUT2D eigenvalue weighted by molar-refractivity contribution is 5.76. The SMILES string of the molecule is CC(CN)CCC(=O)N1CCc2ccccc2CC1. The van der Waals surface area contributed by atoms with Crippen molar-refractivity contribution in [1.82, 2.24) is 4.90 Å². The summed E-state index contributed by atoms with van der Waals surface area (Å²) < 4.78 is 0. The third kappa shape index (κ3) is 3.80. The first-order valence-corrected chi connectivity index (χ1v) is 7.25. The van der Waals surface area contributed by atoms with E-state index in [0.717, 1.165) is 32.4 Å². The second kappa shape index (κ2) is 6.71. The Morgan fingerprint density at radius 3 is 2.37 bits per heavy atom. The third-order valence-corrected chi connectivity index (χ3v) is 4.03. The summed E-state index contributed by atoms with van der Waals surface area (Å²) in [5.41, 5.74) is 8.39. The topological polar surface area (TPSA) is 46.3 Å². The second-order valence-electron chi connectivity index (χ2n) is 5.53. The quantitative estimate of drug-likeness (QED) is 0.900. The largest absolute Gasteiger partial charge is 0.342 e. The van der Waals surface area contributed by atoms with Crippen molar-refractivity contribution in [2.24, 2.45) is 11.7 Å². The highest BCUT2D eigenvalue weighted by Crippen LogP contribution is 2.16. The van der Waals surface area contributed by atoms with Gasteiger partial charge in [0.25, 0.3) is 0 Å². The fourth-order valence-electron chi connectivity index (χ4n) is 2.56. The number of nitrogens with zero attached hydrogens (tertiary/aromatic N) is 1. The highest BCUT2D eigenvalue weighted by atomic mass is 16.2. The number of fused-ring (bicyclic) bond motifs is 1. The molecule has 2 N–H and O–H groups in total. The molecule has 1 aromatic carbocycles. The van der Waals surface area contributed by atoms with Crippen LogP contribution in [0.2, 0.25) is 0 Å². The van der Waals surface area contributed by atoms with Crippen molar-refractivity contribution in [1.29, 1.82) is 0 Å². The molecular weight excluding hydrogens is 236 g/mol. The molecule has 19 heavy (non-hydrogen) atoms. The van der Waals surface area contributed by atoms with Crippen LogP contribution < -0.4 is 5.73 Å². The van der Waals surface area contributed by atoms with Gasteiger partial charge in [-0.1, -0.05) is 31.2 Å². The van der Waals surface area contributed by atoms with E-state index in [0.29, 0.717) is 18.9 Å². The van der Waals surface area contributed by atoms with Crippen molar-refractivity contribution in [2.45, 2.75) is 32.6 Å². The van der Waals surface area contributed by atoms with Crippen LogP contribution in [0.1, 0.15) is 30.9 Å².